The average molecular weight is 294 g/mol. The van der Waals surface area contributed by atoms with Crippen LogP contribution in [0.5, 0.6) is 5.75 Å². The SMILES string of the molecule is CCCOc1ccccc1S(=O)(=O)c1ccc(C=O)o1. The molecule has 106 valence electrons. The highest BCUT2D eigenvalue weighted by atomic mass is 32.2. The summed E-state index contributed by atoms with van der Waals surface area (Å²) < 4.78 is 35.4. The number of sulfone groups is 1. The summed E-state index contributed by atoms with van der Waals surface area (Å²) in [5, 5.41) is -0.271. The molecular weight excluding hydrogens is 280 g/mol. The molecule has 0 aliphatic carbocycles. The fourth-order valence-electron chi connectivity index (χ4n) is 1.65. The van der Waals surface area contributed by atoms with E-state index in [0.717, 1.165) is 6.42 Å². The number of furan rings is 1. The molecule has 0 N–H and O–H groups in total. The molecule has 0 aliphatic rings. The van der Waals surface area contributed by atoms with E-state index < -0.39 is 9.84 Å². The van der Waals surface area contributed by atoms with E-state index in [0.29, 0.717) is 12.9 Å². The van der Waals surface area contributed by atoms with E-state index in [2.05, 4.69) is 0 Å². The van der Waals surface area contributed by atoms with Crippen molar-refractivity contribution in [1.29, 1.82) is 0 Å². The zero-order valence-electron chi connectivity index (χ0n) is 10.9. The second-order valence-electron chi connectivity index (χ2n) is 4.07. The van der Waals surface area contributed by atoms with Gasteiger partial charge in [0.05, 0.1) is 6.61 Å². The first-order valence-corrected chi connectivity index (χ1v) is 7.60. The first-order chi connectivity index (χ1) is 9.59. The van der Waals surface area contributed by atoms with Crippen LogP contribution in [-0.2, 0) is 9.84 Å². The van der Waals surface area contributed by atoms with Crippen molar-refractivity contribution in [2.45, 2.75) is 23.3 Å². The van der Waals surface area contributed by atoms with Crippen molar-refractivity contribution in [3.63, 3.8) is 0 Å². The van der Waals surface area contributed by atoms with E-state index in [9.17, 15) is 13.2 Å². The first kappa shape index (κ1) is 14.3. The van der Waals surface area contributed by atoms with Crippen LogP contribution in [0.4, 0.5) is 0 Å². The number of aldehydes is 1. The van der Waals surface area contributed by atoms with Crippen LogP contribution in [0, 0.1) is 0 Å². The number of hydrogen-bond donors (Lipinski definition) is 0. The molecular formula is C14H14O5S. The molecule has 0 amide bonds. The van der Waals surface area contributed by atoms with Crippen LogP contribution >= 0.6 is 0 Å². The molecule has 0 unspecified atom stereocenters. The molecule has 0 spiro atoms. The van der Waals surface area contributed by atoms with Gasteiger partial charge in [0, 0.05) is 0 Å². The van der Waals surface area contributed by atoms with Gasteiger partial charge in [-0.25, -0.2) is 8.42 Å². The zero-order valence-corrected chi connectivity index (χ0v) is 11.7. The van der Waals surface area contributed by atoms with Crippen molar-refractivity contribution in [3.05, 3.63) is 42.2 Å². The Morgan fingerprint density at radius 3 is 2.60 bits per heavy atom. The van der Waals surface area contributed by atoms with E-state index >= 15 is 0 Å². The highest BCUT2D eigenvalue weighted by Crippen LogP contribution is 2.30. The van der Waals surface area contributed by atoms with Gasteiger partial charge in [-0.1, -0.05) is 19.1 Å². The Morgan fingerprint density at radius 2 is 1.95 bits per heavy atom. The lowest BCUT2D eigenvalue weighted by molar-refractivity contribution is 0.109. The third-order valence-electron chi connectivity index (χ3n) is 2.58. The topological polar surface area (TPSA) is 73.6 Å². The van der Waals surface area contributed by atoms with Crippen LogP contribution in [0.1, 0.15) is 23.9 Å². The Hall–Kier alpha value is -2.08. The van der Waals surface area contributed by atoms with Gasteiger partial charge in [0.2, 0.25) is 14.9 Å². The molecule has 20 heavy (non-hydrogen) atoms. The van der Waals surface area contributed by atoms with Crippen molar-refractivity contribution in [2.75, 3.05) is 6.61 Å². The summed E-state index contributed by atoms with van der Waals surface area (Å²) in [5.41, 5.74) is 0. The molecule has 0 bridgehead atoms. The third-order valence-corrected chi connectivity index (χ3v) is 4.25. The van der Waals surface area contributed by atoms with Gasteiger partial charge < -0.3 is 9.15 Å². The maximum Gasteiger partial charge on any atom is 0.243 e. The molecule has 6 heteroatoms. The fraction of sp³-hybridized carbons (Fsp3) is 0.214. The molecule has 1 aromatic carbocycles. The maximum atomic E-state index is 12.5. The quantitative estimate of drug-likeness (QED) is 0.766. The second-order valence-corrected chi connectivity index (χ2v) is 5.92. The van der Waals surface area contributed by atoms with Crippen molar-refractivity contribution in [3.8, 4) is 5.75 Å². The summed E-state index contributed by atoms with van der Waals surface area (Å²) >= 11 is 0. The van der Waals surface area contributed by atoms with Crippen molar-refractivity contribution < 1.29 is 22.4 Å². The Balaban J connectivity index is 2.46. The molecule has 0 radical (unpaired) electrons. The minimum atomic E-state index is -3.84. The van der Waals surface area contributed by atoms with Crippen LogP contribution in [0.3, 0.4) is 0 Å². The molecule has 0 saturated heterocycles. The van der Waals surface area contributed by atoms with Gasteiger partial charge in [-0.2, -0.15) is 0 Å². The zero-order chi connectivity index (χ0) is 14.6. The maximum absolute atomic E-state index is 12.5. The molecule has 0 aliphatic heterocycles. The number of carbonyl (C=O) groups excluding carboxylic acids is 1. The van der Waals surface area contributed by atoms with Crippen molar-refractivity contribution in [2.24, 2.45) is 0 Å². The minimum absolute atomic E-state index is 0.0280. The Labute approximate surface area is 117 Å². The van der Waals surface area contributed by atoms with Crippen LogP contribution in [-0.4, -0.2) is 21.3 Å². The lowest BCUT2D eigenvalue weighted by Crippen LogP contribution is -2.05. The van der Waals surface area contributed by atoms with Crippen LogP contribution in [0.15, 0.2) is 50.8 Å². The highest BCUT2D eigenvalue weighted by Gasteiger charge is 2.25. The standard InChI is InChI=1S/C14H14O5S/c1-2-9-18-12-5-3-4-6-13(12)20(16,17)14-8-7-11(10-15)19-14/h3-8,10H,2,9H2,1H3. The fourth-order valence-corrected chi connectivity index (χ4v) is 2.97. The number of carbonyl (C=O) groups is 1. The number of ether oxygens (including phenoxy) is 1. The van der Waals surface area contributed by atoms with E-state index in [4.69, 9.17) is 9.15 Å². The van der Waals surface area contributed by atoms with Crippen molar-refractivity contribution in [1.82, 2.24) is 0 Å². The van der Waals surface area contributed by atoms with E-state index in [1.807, 2.05) is 6.92 Å². The summed E-state index contributed by atoms with van der Waals surface area (Å²) in [6, 6.07) is 8.92. The third kappa shape index (κ3) is 2.75. The van der Waals surface area contributed by atoms with Crippen LogP contribution < -0.4 is 4.74 Å². The van der Waals surface area contributed by atoms with E-state index in [1.54, 1.807) is 18.2 Å². The molecule has 0 atom stereocenters. The normalized spacial score (nSPS) is 11.2. The Bertz CT molecular complexity index is 700. The lowest BCUT2D eigenvalue weighted by Gasteiger charge is -2.09. The number of hydrogen-bond acceptors (Lipinski definition) is 5. The second kappa shape index (κ2) is 5.92. The van der Waals surface area contributed by atoms with E-state index in [1.165, 1.54) is 18.2 Å². The summed E-state index contributed by atoms with van der Waals surface area (Å²) in [6.07, 6.45) is 1.23. The van der Waals surface area contributed by atoms with Gasteiger partial charge in [0.1, 0.15) is 10.6 Å². The van der Waals surface area contributed by atoms with Gasteiger partial charge in [-0.05, 0) is 30.7 Å². The Morgan fingerprint density at radius 1 is 1.20 bits per heavy atom. The highest BCUT2D eigenvalue weighted by molar-refractivity contribution is 7.91. The molecule has 0 saturated carbocycles. The van der Waals surface area contributed by atoms with Crippen molar-refractivity contribution >= 4 is 16.1 Å². The van der Waals surface area contributed by atoms with Crippen LogP contribution in [0.2, 0.25) is 0 Å². The monoisotopic (exact) mass is 294 g/mol. The van der Waals surface area contributed by atoms with E-state index in [-0.39, 0.29) is 21.5 Å². The average Bonchev–Trinajstić information content (AvgIpc) is 2.95. The van der Waals surface area contributed by atoms with Gasteiger partial charge in [0.25, 0.3) is 0 Å². The number of para-hydroxylation sites is 1. The molecule has 5 nitrogen and oxygen atoms in total. The van der Waals surface area contributed by atoms with Gasteiger partial charge >= 0.3 is 0 Å². The molecule has 1 heterocycles. The summed E-state index contributed by atoms with van der Waals surface area (Å²) in [6.45, 7) is 2.35. The molecule has 2 rings (SSSR count). The lowest BCUT2D eigenvalue weighted by atomic mass is 10.3. The predicted octanol–water partition coefficient (Wildman–Crippen LogP) is 2.71. The molecule has 2 aromatic rings. The summed E-state index contributed by atoms with van der Waals surface area (Å²) in [4.78, 5) is 10.6. The van der Waals surface area contributed by atoms with Gasteiger partial charge in [-0.3, -0.25) is 4.79 Å². The Kier molecular flexibility index (Phi) is 4.24. The minimum Gasteiger partial charge on any atom is -0.492 e. The first-order valence-electron chi connectivity index (χ1n) is 6.11. The molecule has 0 fully saturated rings. The predicted molar refractivity (Wildman–Crippen MR) is 71.8 cm³/mol. The smallest absolute Gasteiger partial charge is 0.243 e. The summed E-state index contributed by atoms with van der Waals surface area (Å²) in [7, 11) is -3.84. The molecule has 1 aromatic heterocycles. The summed E-state index contributed by atoms with van der Waals surface area (Å²) in [5.74, 6) is 0.244. The largest absolute Gasteiger partial charge is 0.492 e. The van der Waals surface area contributed by atoms with Crippen LogP contribution in [0.25, 0.3) is 0 Å². The van der Waals surface area contributed by atoms with Gasteiger partial charge in [-0.15, -0.1) is 0 Å². The number of rotatable bonds is 6. The van der Waals surface area contributed by atoms with Gasteiger partial charge in [0.15, 0.2) is 12.0 Å². The number of benzene rings is 1.